The Balaban J connectivity index is 1.52. The van der Waals surface area contributed by atoms with Crippen molar-refractivity contribution >= 4 is 11.6 Å². The zero-order valence-corrected chi connectivity index (χ0v) is 13.7. The molecule has 3 aromatic rings. The quantitative estimate of drug-likeness (QED) is 0.753. The highest BCUT2D eigenvalue weighted by molar-refractivity contribution is 5.92. The van der Waals surface area contributed by atoms with Crippen LogP contribution in [0, 0.1) is 6.92 Å². The number of amides is 1. The van der Waals surface area contributed by atoms with E-state index in [4.69, 9.17) is 8.94 Å². The summed E-state index contributed by atoms with van der Waals surface area (Å²) in [6.07, 6.45) is 1.58. The lowest BCUT2D eigenvalue weighted by Gasteiger charge is -2.14. The van der Waals surface area contributed by atoms with Crippen molar-refractivity contribution in [1.29, 1.82) is 0 Å². The van der Waals surface area contributed by atoms with Gasteiger partial charge in [0.15, 0.2) is 5.76 Å². The van der Waals surface area contributed by atoms with Crippen molar-refractivity contribution in [2.24, 2.45) is 0 Å². The second-order valence-corrected chi connectivity index (χ2v) is 5.75. The molecule has 1 amide bonds. The molecule has 0 radical (unpaired) electrons. The monoisotopic (exact) mass is 325 g/mol. The minimum atomic E-state index is -0.0730. The summed E-state index contributed by atoms with van der Waals surface area (Å²) >= 11 is 0. The number of anilines is 1. The van der Waals surface area contributed by atoms with Gasteiger partial charge in [0.1, 0.15) is 0 Å². The van der Waals surface area contributed by atoms with Crippen LogP contribution in [0.5, 0.6) is 0 Å². The van der Waals surface area contributed by atoms with Crippen molar-refractivity contribution in [2.45, 2.75) is 13.5 Å². The number of hydrogen-bond donors (Lipinski definition) is 1. The Labute approximate surface area is 140 Å². The predicted molar refractivity (Wildman–Crippen MR) is 90.3 cm³/mol. The highest BCUT2D eigenvalue weighted by Crippen LogP contribution is 2.20. The minimum Gasteiger partial charge on any atom is -0.461 e. The Hall–Kier alpha value is -2.86. The van der Waals surface area contributed by atoms with Gasteiger partial charge in [-0.05, 0) is 38.2 Å². The first-order valence-corrected chi connectivity index (χ1v) is 7.65. The SMILES string of the molecule is Cc1ccc(NC(=O)CN(C)Cc2cc(-c3ccco3)on2)cc1. The van der Waals surface area contributed by atoms with Gasteiger partial charge in [0, 0.05) is 18.3 Å². The Kier molecular flexibility index (Phi) is 4.77. The number of likely N-dealkylation sites (N-methyl/N-ethyl adjacent to an activating group) is 1. The second kappa shape index (κ2) is 7.14. The fourth-order valence-electron chi connectivity index (χ4n) is 2.34. The molecule has 0 saturated heterocycles. The van der Waals surface area contributed by atoms with E-state index in [1.54, 1.807) is 12.3 Å². The number of nitrogens with one attached hydrogen (secondary N) is 1. The summed E-state index contributed by atoms with van der Waals surface area (Å²) in [5, 5.41) is 6.88. The first-order chi connectivity index (χ1) is 11.6. The van der Waals surface area contributed by atoms with E-state index in [0.29, 0.717) is 18.1 Å². The van der Waals surface area contributed by atoms with E-state index in [2.05, 4.69) is 10.5 Å². The third kappa shape index (κ3) is 4.11. The number of carbonyl (C=O) groups excluding carboxylic acids is 1. The number of nitrogens with zero attached hydrogens (tertiary/aromatic N) is 2. The molecule has 0 bridgehead atoms. The average Bonchev–Trinajstić information content (AvgIpc) is 3.20. The third-order valence-electron chi connectivity index (χ3n) is 3.50. The van der Waals surface area contributed by atoms with Gasteiger partial charge in [0.05, 0.1) is 18.5 Å². The van der Waals surface area contributed by atoms with E-state index < -0.39 is 0 Å². The fourth-order valence-corrected chi connectivity index (χ4v) is 2.34. The van der Waals surface area contributed by atoms with Crippen molar-refractivity contribution in [3.8, 4) is 11.5 Å². The molecule has 0 aliphatic heterocycles. The van der Waals surface area contributed by atoms with Gasteiger partial charge >= 0.3 is 0 Å². The molecule has 0 aliphatic carbocycles. The van der Waals surface area contributed by atoms with Crippen molar-refractivity contribution in [1.82, 2.24) is 10.1 Å². The molecule has 0 spiro atoms. The summed E-state index contributed by atoms with van der Waals surface area (Å²) in [6, 6.07) is 13.1. The minimum absolute atomic E-state index is 0.0730. The van der Waals surface area contributed by atoms with Crippen LogP contribution in [0.4, 0.5) is 5.69 Å². The molecular weight excluding hydrogens is 306 g/mol. The van der Waals surface area contributed by atoms with Gasteiger partial charge in [-0.25, -0.2) is 0 Å². The van der Waals surface area contributed by atoms with Crippen LogP contribution >= 0.6 is 0 Å². The normalized spacial score (nSPS) is 11.0. The van der Waals surface area contributed by atoms with Crippen molar-refractivity contribution in [3.63, 3.8) is 0 Å². The molecule has 6 heteroatoms. The fraction of sp³-hybridized carbons (Fsp3) is 0.222. The summed E-state index contributed by atoms with van der Waals surface area (Å²) in [5.41, 5.74) is 2.69. The maximum Gasteiger partial charge on any atom is 0.238 e. The summed E-state index contributed by atoms with van der Waals surface area (Å²) in [5.74, 6) is 1.14. The molecule has 3 rings (SSSR count). The number of hydrogen-bond acceptors (Lipinski definition) is 5. The van der Waals surface area contributed by atoms with Crippen LogP contribution in [0.2, 0.25) is 0 Å². The Morgan fingerprint density at radius 2 is 2.00 bits per heavy atom. The lowest BCUT2D eigenvalue weighted by Crippen LogP contribution is -2.29. The molecule has 0 unspecified atom stereocenters. The average molecular weight is 325 g/mol. The Morgan fingerprint density at radius 1 is 1.21 bits per heavy atom. The van der Waals surface area contributed by atoms with Crippen LogP contribution in [0.3, 0.4) is 0 Å². The summed E-state index contributed by atoms with van der Waals surface area (Å²) in [6.45, 7) is 2.77. The molecule has 0 atom stereocenters. The molecule has 1 aromatic carbocycles. The van der Waals surface area contributed by atoms with Crippen LogP contribution in [0.25, 0.3) is 11.5 Å². The second-order valence-electron chi connectivity index (χ2n) is 5.75. The number of furan rings is 1. The standard InChI is InChI=1S/C18H19N3O3/c1-13-5-7-14(8-6-13)19-18(22)12-21(2)11-15-10-17(24-20-15)16-4-3-9-23-16/h3-10H,11-12H2,1-2H3,(H,19,22). The van der Waals surface area contributed by atoms with E-state index in [0.717, 1.165) is 16.9 Å². The molecule has 1 N–H and O–H groups in total. The van der Waals surface area contributed by atoms with Crippen LogP contribution in [0.15, 0.2) is 57.7 Å². The maximum absolute atomic E-state index is 12.1. The highest BCUT2D eigenvalue weighted by atomic mass is 16.5. The molecule has 24 heavy (non-hydrogen) atoms. The zero-order chi connectivity index (χ0) is 16.9. The molecule has 2 aromatic heterocycles. The third-order valence-corrected chi connectivity index (χ3v) is 3.50. The first kappa shape index (κ1) is 16.0. The van der Waals surface area contributed by atoms with E-state index in [1.165, 1.54) is 0 Å². The number of benzene rings is 1. The molecule has 2 heterocycles. The molecule has 0 aliphatic rings. The van der Waals surface area contributed by atoms with Gasteiger partial charge in [-0.1, -0.05) is 22.9 Å². The number of aromatic nitrogens is 1. The van der Waals surface area contributed by atoms with Crippen LogP contribution in [-0.2, 0) is 11.3 Å². The van der Waals surface area contributed by atoms with E-state index >= 15 is 0 Å². The van der Waals surface area contributed by atoms with E-state index in [1.807, 2.05) is 55.3 Å². The van der Waals surface area contributed by atoms with Crippen molar-refractivity contribution < 1.29 is 13.7 Å². The smallest absolute Gasteiger partial charge is 0.238 e. The topological polar surface area (TPSA) is 71.5 Å². The van der Waals surface area contributed by atoms with Crippen molar-refractivity contribution in [3.05, 3.63) is 60.0 Å². The van der Waals surface area contributed by atoms with Crippen LogP contribution in [-0.4, -0.2) is 29.6 Å². The molecule has 0 fully saturated rings. The lowest BCUT2D eigenvalue weighted by atomic mass is 10.2. The van der Waals surface area contributed by atoms with E-state index in [-0.39, 0.29) is 12.5 Å². The van der Waals surface area contributed by atoms with E-state index in [9.17, 15) is 4.79 Å². The van der Waals surface area contributed by atoms with Crippen molar-refractivity contribution in [2.75, 3.05) is 18.9 Å². The summed E-state index contributed by atoms with van der Waals surface area (Å²) in [4.78, 5) is 13.9. The van der Waals surface area contributed by atoms with Gasteiger partial charge < -0.3 is 14.3 Å². The van der Waals surface area contributed by atoms with Gasteiger partial charge in [-0.3, -0.25) is 9.69 Å². The predicted octanol–water partition coefficient (Wildman–Crippen LogP) is 3.31. The van der Waals surface area contributed by atoms with Gasteiger partial charge in [0.25, 0.3) is 0 Å². The van der Waals surface area contributed by atoms with Gasteiger partial charge in [-0.15, -0.1) is 0 Å². The molecule has 6 nitrogen and oxygen atoms in total. The Bertz CT molecular complexity index is 791. The summed E-state index contributed by atoms with van der Waals surface area (Å²) in [7, 11) is 1.86. The first-order valence-electron chi connectivity index (χ1n) is 7.65. The molecule has 0 saturated carbocycles. The number of rotatable bonds is 6. The molecule has 124 valence electrons. The highest BCUT2D eigenvalue weighted by Gasteiger charge is 2.12. The van der Waals surface area contributed by atoms with Gasteiger partial charge in [-0.2, -0.15) is 0 Å². The molecular formula is C18H19N3O3. The zero-order valence-electron chi connectivity index (χ0n) is 13.7. The number of aryl methyl sites for hydroxylation is 1. The summed E-state index contributed by atoms with van der Waals surface area (Å²) < 4.78 is 10.5. The van der Waals surface area contributed by atoms with Gasteiger partial charge in [0.2, 0.25) is 11.7 Å². The van der Waals surface area contributed by atoms with Crippen LogP contribution < -0.4 is 5.32 Å². The largest absolute Gasteiger partial charge is 0.461 e. The maximum atomic E-state index is 12.1. The lowest BCUT2D eigenvalue weighted by molar-refractivity contribution is -0.117. The Morgan fingerprint density at radius 3 is 2.71 bits per heavy atom. The van der Waals surface area contributed by atoms with Crippen LogP contribution in [0.1, 0.15) is 11.3 Å². The number of carbonyl (C=O) groups is 1.